The minimum Gasteiger partial charge on any atom is -0.465 e. The van der Waals surface area contributed by atoms with Gasteiger partial charge in [0.2, 0.25) is 0 Å². The number of esters is 1. The second-order valence-corrected chi connectivity index (χ2v) is 6.02. The predicted octanol–water partition coefficient (Wildman–Crippen LogP) is 4.42. The summed E-state index contributed by atoms with van der Waals surface area (Å²) in [6, 6.07) is 9.45. The van der Waals surface area contributed by atoms with Crippen LogP contribution < -0.4 is 4.74 Å². The van der Waals surface area contributed by atoms with Crippen molar-refractivity contribution in [2.75, 3.05) is 7.11 Å². The first kappa shape index (κ1) is 16.3. The van der Waals surface area contributed by atoms with Gasteiger partial charge >= 0.3 is 12.0 Å². The summed E-state index contributed by atoms with van der Waals surface area (Å²) in [6.07, 6.45) is 0. The summed E-state index contributed by atoms with van der Waals surface area (Å²) in [5, 5.41) is 0.681. The van der Waals surface area contributed by atoms with Gasteiger partial charge in [-0.15, -0.1) is 0 Å². The Hall–Kier alpha value is -2.53. The number of hydrogen-bond acceptors (Lipinski definition) is 4. The number of hydrogen-bond donors (Lipinski definition) is 0. The molecule has 0 saturated heterocycles. The lowest BCUT2D eigenvalue weighted by atomic mass is 10.1. The second-order valence-electron chi connectivity index (χ2n) is 5.61. The van der Waals surface area contributed by atoms with E-state index in [1.54, 1.807) is 12.1 Å². The molecule has 2 aromatic carbocycles. The summed E-state index contributed by atoms with van der Waals surface area (Å²) in [5.74, 6) is 0.118. The van der Waals surface area contributed by atoms with Crippen molar-refractivity contribution in [1.82, 2.24) is 9.55 Å². The van der Waals surface area contributed by atoms with Crippen molar-refractivity contribution in [2.24, 2.45) is 7.05 Å². The van der Waals surface area contributed by atoms with Crippen molar-refractivity contribution in [2.45, 2.75) is 13.8 Å². The number of aromatic nitrogens is 2. The smallest absolute Gasteiger partial charge is 0.338 e. The van der Waals surface area contributed by atoms with E-state index < -0.39 is 5.97 Å². The summed E-state index contributed by atoms with van der Waals surface area (Å²) in [4.78, 5) is 16.3. The number of fused-ring (bicyclic) bond motifs is 1. The molecule has 3 rings (SSSR count). The molecule has 6 heteroatoms. The average Bonchev–Trinajstić information content (AvgIpc) is 2.85. The van der Waals surface area contributed by atoms with Gasteiger partial charge in [-0.2, -0.15) is 4.98 Å². The summed E-state index contributed by atoms with van der Waals surface area (Å²) < 4.78 is 12.5. The molecule has 0 aliphatic carbocycles. The molecule has 24 heavy (non-hydrogen) atoms. The Morgan fingerprint density at radius 2 is 1.92 bits per heavy atom. The van der Waals surface area contributed by atoms with Gasteiger partial charge in [0, 0.05) is 12.1 Å². The summed E-state index contributed by atoms with van der Waals surface area (Å²) in [6.45, 7) is 3.77. The standard InChI is InChI=1S/C18H17ClN2O3/c1-10-5-6-12(8-13(10)17(22)23-4)24-18-20-15-7-11(2)14(19)9-16(15)21(18)3/h5-9H,1-4H3. The Balaban J connectivity index is 2.01. The normalized spacial score (nSPS) is 10.9. The highest BCUT2D eigenvalue weighted by Crippen LogP contribution is 2.29. The monoisotopic (exact) mass is 344 g/mol. The zero-order chi connectivity index (χ0) is 17.4. The average molecular weight is 345 g/mol. The third-order valence-electron chi connectivity index (χ3n) is 3.94. The van der Waals surface area contributed by atoms with Crippen LogP contribution in [0.25, 0.3) is 11.0 Å². The van der Waals surface area contributed by atoms with E-state index in [0.717, 1.165) is 22.2 Å². The fourth-order valence-corrected chi connectivity index (χ4v) is 2.64. The Morgan fingerprint density at radius 1 is 1.17 bits per heavy atom. The maximum Gasteiger partial charge on any atom is 0.338 e. The van der Waals surface area contributed by atoms with Crippen molar-refractivity contribution < 1.29 is 14.3 Å². The zero-order valence-corrected chi connectivity index (χ0v) is 14.6. The molecule has 0 amide bonds. The van der Waals surface area contributed by atoms with Crippen LogP contribution in [0.4, 0.5) is 0 Å². The van der Waals surface area contributed by atoms with E-state index in [1.165, 1.54) is 7.11 Å². The molecule has 1 heterocycles. The number of carbonyl (C=O) groups is 1. The van der Waals surface area contributed by atoms with Crippen molar-refractivity contribution >= 4 is 28.6 Å². The number of nitrogens with zero attached hydrogens (tertiary/aromatic N) is 2. The van der Waals surface area contributed by atoms with E-state index in [2.05, 4.69) is 4.98 Å². The van der Waals surface area contributed by atoms with Gasteiger partial charge in [-0.1, -0.05) is 17.7 Å². The summed E-state index contributed by atoms with van der Waals surface area (Å²) in [5.41, 5.74) is 3.92. The molecule has 0 aliphatic heterocycles. The maximum atomic E-state index is 11.8. The Kier molecular flexibility index (Phi) is 4.20. The minimum absolute atomic E-state index is 0.398. The Labute approximate surface area is 144 Å². The third-order valence-corrected chi connectivity index (χ3v) is 4.35. The van der Waals surface area contributed by atoms with E-state index in [9.17, 15) is 4.79 Å². The van der Waals surface area contributed by atoms with Gasteiger partial charge in [-0.05, 0) is 49.2 Å². The molecule has 3 aromatic rings. The molecule has 0 unspecified atom stereocenters. The van der Waals surface area contributed by atoms with E-state index in [0.29, 0.717) is 22.3 Å². The lowest BCUT2D eigenvalue weighted by Crippen LogP contribution is -2.04. The van der Waals surface area contributed by atoms with E-state index >= 15 is 0 Å². The number of ether oxygens (including phenoxy) is 2. The molecule has 5 nitrogen and oxygen atoms in total. The molecular weight excluding hydrogens is 328 g/mol. The first-order chi connectivity index (χ1) is 11.4. The fraction of sp³-hybridized carbons (Fsp3) is 0.222. The van der Waals surface area contributed by atoms with Crippen LogP contribution in [-0.4, -0.2) is 22.6 Å². The summed E-state index contributed by atoms with van der Waals surface area (Å²) in [7, 11) is 3.21. The van der Waals surface area contributed by atoms with Gasteiger partial charge in [0.15, 0.2) is 0 Å². The Bertz CT molecular complexity index is 947. The molecule has 0 spiro atoms. The number of rotatable bonds is 3. The SMILES string of the molecule is COC(=O)c1cc(Oc2nc3cc(C)c(Cl)cc3n2C)ccc1C. The van der Waals surface area contributed by atoms with Gasteiger partial charge in [-0.25, -0.2) is 4.79 Å². The van der Waals surface area contributed by atoms with E-state index in [1.807, 2.05) is 43.7 Å². The molecule has 0 atom stereocenters. The molecular formula is C18H17ClN2O3. The topological polar surface area (TPSA) is 53.4 Å². The minimum atomic E-state index is -0.398. The lowest BCUT2D eigenvalue weighted by Gasteiger charge is -2.08. The molecule has 0 aliphatic rings. The molecule has 0 bridgehead atoms. The molecule has 0 fully saturated rings. The van der Waals surface area contributed by atoms with Crippen LogP contribution in [0.5, 0.6) is 11.8 Å². The fourth-order valence-electron chi connectivity index (χ4n) is 2.49. The van der Waals surface area contributed by atoms with Crippen LogP contribution in [-0.2, 0) is 11.8 Å². The van der Waals surface area contributed by atoms with Crippen LogP contribution in [0.3, 0.4) is 0 Å². The number of methoxy groups -OCH3 is 1. The van der Waals surface area contributed by atoms with Crippen LogP contribution in [0, 0.1) is 13.8 Å². The second kappa shape index (κ2) is 6.17. The summed E-state index contributed by atoms with van der Waals surface area (Å²) >= 11 is 6.18. The van der Waals surface area contributed by atoms with Crippen molar-refractivity contribution in [1.29, 1.82) is 0 Å². The third kappa shape index (κ3) is 2.83. The number of benzene rings is 2. The number of aryl methyl sites for hydroxylation is 3. The number of imidazole rings is 1. The number of halogens is 1. The van der Waals surface area contributed by atoms with Gasteiger partial charge < -0.3 is 9.47 Å². The molecule has 0 saturated carbocycles. The van der Waals surface area contributed by atoms with Crippen molar-refractivity contribution in [3.8, 4) is 11.8 Å². The highest BCUT2D eigenvalue weighted by Gasteiger charge is 2.14. The highest BCUT2D eigenvalue weighted by atomic mass is 35.5. The van der Waals surface area contributed by atoms with Gasteiger partial charge in [-0.3, -0.25) is 4.57 Å². The maximum absolute atomic E-state index is 11.8. The number of carbonyl (C=O) groups excluding carboxylic acids is 1. The van der Waals surface area contributed by atoms with Crippen LogP contribution in [0.1, 0.15) is 21.5 Å². The van der Waals surface area contributed by atoms with Crippen LogP contribution in [0.15, 0.2) is 30.3 Å². The lowest BCUT2D eigenvalue weighted by molar-refractivity contribution is 0.0599. The largest absolute Gasteiger partial charge is 0.465 e. The predicted molar refractivity (Wildman–Crippen MR) is 93.1 cm³/mol. The quantitative estimate of drug-likeness (QED) is 0.660. The van der Waals surface area contributed by atoms with Gasteiger partial charge in [0.25, 0.3) is 0 Å². The first-order valence-corrected chi connectivity index (χ1v) is 7.78. The first-order valence-electron chi connectivity index (χ1n) is 7.40. The Morgan fingerprint density at radius 3 is 2.62 bits per heavy atom. The van der Waals surface area contributed by atoms with Crippen molar-refractivity contribution in [3.05, 3.63) is 52.0 Å². The van der Waals surface area contributed by atoms with Crippen LogP contribution >= 0.6 is 11.6 Å². The molecule has 1 aromatic heterocycles. The van der Waals surface area contributed by atoms with E-state index in [-0.39, 0.29) is 0 Å². The zero-order valence-electron chi connectivity index (χ0n) is 13.9. The van der Waals surface area contributed by atoms with Gasteiger partial charge in [0.05, 0.1) is 23.7 Å². The molecule has 124 valence electrons. The molecule has 0 radical (unpaired) electrons. The van der Waals surface area contributed by atoms with Crippen LogP contribution in [0.2, 0.25) is 5.02 Å². The highest BCUT2D eigenvalue weighted by molar-refractivity contribution is 6.32. The van der Waals surface area contributed by atoms with Gasteiger partial charge in [0.1, 0.15) is 5.75 Å². The van der Waals surface area contributed by atoms with E-state index in [4.69, 9.17) is 21.1 Å². The molecule has 0 N–H and O–H groups in total. The van der Waals surface area contributed by atoms with Crippen molar-refractivity contribution in [3.63, 3.8) is 0 Å².